The highest BCUT2D eigenvalue weighted by Gasteiger charge is 2.12. The molecule has 1 unspecified atom stereocenters. The van der Waals surface area contributed by atoms with Crippen molar-refractivity contribution < 1.29 is 13.2 Å². The summed E-state index contributed by atoms with van der Waals surface area (Å²) in [5.41, 5.74) is 2.33. The molecule has 1 nitrogen and oxygen atoms in total. The molecule has 4 heteroatoms. The van der Waals surface area contributed by atoms with E-state index in [1.165, 1.54) is 0 Å². The van der Waals surface area contributed by atoms with E-state index in [-0.39, 0.29) is 18.2 Å². The number of aryl methyl sites for hydroxylation is 1. The molecule has 1 atom stereocenters. The Kier molecular flexibility index (Phi) is 4.45. The lowest BCUT2D eigenvalue weighted by molar-refractivity contribution is 0.482. The largest absolute Gasteiger partial charge is 0.306 e. The maximum atomic E-state index is 13.5. The summed E-state index contributed by atoms with van der Waals surface area (Å²) in [6, 6.07) is 9.30. The lowest BCUT2D eigenvalue weighted by atomic mass is 10.0. The minimum Gasteiger partial charge on any atom is -0.306 e. The summed E-state index contributed by atoms with van der Waals surface area (Å²) in [6.07, 6.45) is 0. The average molecular weight is 279 g/mol. The Bertz CT molecular complexity index is 611. The van der Waals surface area contributed by atoms with E-state index in [1.807, 2.05) is 38.1 Å². The van der Waals surface area contributed by atoms with Crippen molar-refractivity contribution >= 4 is 0 Å². The summed E-state index contributed by atoms with van der Waals surface area (Å²) >= 11 is 0. The Hall–Kier alpha value is -1.81. The van der Waals surface area contributed by atoms with Crippen molar-refractivity contribution in [2.75, 3.05) is 0 Å². The van der Waals surface area contributed by atoms with Crippen LogP contribution in [-0.2, 0) is 6.54 Å². The first-order valence-corrected chi connectivity index (χ1v) is 6.41. The monoisotopic (exact) mass is 279 g/mol. The maximum absolute atomic E-state index is 13.5. The SMILES string of the molecule is Cc1ccccc1C(C)NCc1cc(F)c(F)cc1F. The van der Waals surface area contributed by atoms with Gasteiger partial charge in [0.25, 0.3) is 0 Å². The summed E-state index contributed by atoms with van der Waals surface area (Å²) in [4.78, 5) is 0. The number of benzene rings is 2. The Morgan fingerprint density at radius 1 is 1.00 bits per heavy atom. The van der Waals surface area contributed by atoms with Crippen LogP contribution >= 0.6 is 0 Å². The fourth-order valence-electron chi connectivity index (χ4n) is 2.14. The highest BCUT2D eigenvalue weighted by atomic mass is 19.2. The molecule has 0 aliphatic carbocycles. The minimum atomic E-state index is -1.17. The quantitative estimate of drug-likeness (QED) is 0.824. The van der Waals surface area contributed by atoms with Crippen LogP contribution in [0.5, 0.6) is 0 Å². The maximum Gasteiger partial charge on any atom is 0.161 e. The number of halogens is 3. The highest BCUT2D eigenvalue weighted by molar-refractivity contribution is 5.28. The van der Waals surface area contributed by atoms with Crippen molar-refractivity contribution in [1.29, 1.82) is 0 Å². The molecular weight excluding hydrogens is 263 g/mol. The van der Waals surface area contributed by atoms with Crippen molar-refractivity contribution in [2.24, 2.45) is 0 Å². The van der Waals surface area contributed by atoms with Crippen LogP contribution in [0, 0.1) is 24.4 Å². The second-order valence-electron chi connectivity index (χ2n) is 4.82. The van der Waals surface area contributed by atoms with Crippen molar-refractivity contribution in [2.45, 2.75) is 26.4 Å². The van der Waals surface area contributed by atoms with Gasteiger partial charge in [0.15, 0.2) is 11.6 Å². The third kappa shape index (κ3) is 3.20. The Labute approximate surface area is 116 Å². The summed E-state index contributed by atoms with van der Waals surface area (Å²) in [5.74, 6) is -2.95. The van der Waals surface area contributed by atoms with E-state index in [0.29, 0.717) is 6.07 Å². The Morgan fingerprint density at radius 2 is 1.65 bits per heavy atom. The molecule has 0 heterocycles. The topological polar surface area (TPSA) is 12.0 Å². The minimum absolute atomic E-state index is 0.0104. The van der Waals surface area contributed by atoms with Gasteiger partial charge in [-0.3, -0.25) is 0 Å². The first-order chi connectivity index (χ1) is 9.49. The van der Waals surface area contributed by atoms with Gasteiger partial charge in [0.2, 0.25) is 0 Å². The van der Waals surface area contributed by atoms with E-state index < -0.39 is 17.5 Å². The molecule has 0 radical (unpaired) electrons. The van der Waals surface area contributed by atoms with Crippen LogP contribution < -0.4 is 5.32 Å². The van der Waals surface area contributed by atoms with E-state index in [2.05, 4.69) is 5.32 Å². The average Bonchev–Trinajstić information content (AvgIpc) is 2.41. The third-order valence-corrected chi connectivity index (χ3v) is 3.34. The Balaban J connectivity index is 2.09. The zero-order valence-electron chi connectivity index (χ0n) is 11.4. The predicted molar refractivity (Wildman–Crippen MR) is 72.7 cm³/mol. The van der Waals surface area contributed by atoms with E-state index in [1.54, 1.807) is 0 Å². The van der Waals surface area contributed by atoms with Crippen LogP contribution in [0.15, 0.2) is 36.4 Å². The zero-order valence-corrected chi connectivity index (χ0v) is 11.4. The number of hydrogen-bond donors (Lipinski definition) is 1. The molecule has 0 aromatic heterocycles. The molecule has 2 aromatic carbocycles. The first-order valence-electron chi connectivity index (χ1n) is 6.41. The third-order valence-electron chi connectivity index (χ3n) is 3.34. The van der Waals surface area contributed by atoms with Gasteiger partial charge in [-0.25, -0.2) is 13.2 Å². The molecule has 2 aromatic rings. The van der Waals surface area contributed by atoms with Gasteiger partial charge in [0, 0.05) is 24.2 Å². The summed E-state index contributed by atoms with van der Waals surface area (Å²) in [5, 5.41) is 3.11. The highest BCUT2D eigenvalue weighted by Crippen LogP contribution is 2.19. The number of rotatable bonds is 4. The van der Waals surface area contributed by atoms with Gasteiger partial charge in [0.1, 0.15) is 5.82 Å². The lowest BCUT2D eigenvalue weighted by Gasteiger charge is -2.17. The lowest BCUT2D eigenvalue weighted by Crippen LogP contribution is -2.19. The van der Waals surface area contributed by atoms with Crippen molar-refractivity contribution in [3.05, 3.63) is 70.5 Å². The molecule has 0 aliphatic rings. The second-order valence-corrected chi connectivity index (χ2v) is 4.82. The van der Waals surface area contributed by atoms with Gasteiger partial charge in [0.05, 0.1) is 0 Å². The fraction of sp³-hybridized carbons (Fsp3) is 0.250. The van der Waals surface area contributed by atoms with Gasteiger partial charge >= 0.3 is 0 Å². The molecule has 106 valence electrons. The summed E-state index contributed by atoms with van der Waals surface area (Å²) in [7, 11) is 0. The standard InChI is InChI=1S/C16H16F3N/c1-10-5-3-4-6-13(10)11(2)20-9-12-7-15(18)16(19)8-14(12)17/h3-8,11,20H,9H2,1-2H3. The van der Waals surface area contributed by atoms with Crippen molar-refractivity contribution in [1.82, 2.24) is 5.32 Å². The normalized spacial score (nSPS) is 12.4. The smallest absolute Gasteiger partial charge is 0.161 e. The number of nitrogens with one attached hydrogen (secondary N) is 1. The molecule has 0 saturated heterocycles. The van der Waals surface area contributed by atoms with E-state index in [0.717, 1.165) is 17.2 Å². The van der Waals surface area contributed by atoms with Crippen LogP contribution in [-0.4, -0.2) is 0 Å². The molecule has 0 fully saturated rings. The fourth-order valence-corrected chi connectivity index (χ4v) is 2.14. The summed E-state index contributed by atoms with van der Waals surface area (Å²) < 4.78 is 39.5. The molecule has 0 bridgehead atoms. The van der Waals surface area contributed by atoms with Crippen molar-refractivity contribution in [3.8, 4) is 0 Å². The first kappa shape index (κ1) is 14.6. The van der Waals surface area contributed by atoms with Crippen LogP contribution in [0.1, 0.15) is 29.7 Å². The van der Waals surface area contributed by atoms with Gasteiger partial charge < -0.3 is 5.32 Å². The second kappa shape index (κ2) is 6.09. The predicted octanol–water partition coefficient (Wildman–Crippen LogP) is 4.26. The zero-order chi connectivity index (χ0) is 14.7. The van der Waals surface area contributed by atoms with Crippen molar-refractivity contribution in [3.63, 3.8) is 0 Å². The van der Waals surface area contributed by atoms with Gasteiger partial charge in [-0.15, -0.1) is 0 Å². The van der Waals surface area contributed by atoms with Crippen LogP contribution in [0.3, 0.4) is 0 Å². The van der Waals surface area contributed by atoms with Crippen LogP contribution in [0.25, 0.3) is 0 Å². The molecule has 2 rings (SSSR count). The molecule has 0 amide bonds. The summed E-state index contributed by atoms with van der Waals surface area (Å²) in [6.45, 7) is 4.07. The van der Waals surface area contributed by atoms with Crippen LogP contribution in [0.2, 0.25) is 0 Å². The molecule has 1 N–H and O–H groups in total. The molecule has 0 saturated carbocycles. The van der Waals surface area contributed by atoms with Gasteiger partial charge in [-0.1, -0.05) is 24.3 Å². The van der Waals surface area contributed by atoms with Gasteiger partial charge in [-0.2, -0.15) is 0 Å². The molecule has 0 aliphatic heterocycles. The van der Waals surface area contributed by atoms with E-state index in [9.17, 15) is 13.2 Å². The number of hydrogen-bond acceptors (Lipinski definition) is 1. The molecule has 20 heavy (non-hydrogen) atoms. The van der Waals surface area contributed by atoms with Gasteiger partial charge in [-0.05, 0) is 31.0 Å². The molecule has 0 spiro atoms. The van der Waals surface area contributed by atoms with Crippen LogP contribution in [0.4, 0.5) is 13.2 Å². The van der Waals surface area contributed by atoms with E-state index in [4.69, 9.17) is 0 Å². The van der Waals surface area contributed by atoms with E-state index >= 15 is 0 Å². The molecular formula is C16H16F3N. The Morgan fingerprint density at radius 3 is 2.35 bits per heavy atom.